The first kappa shape index (κ1) is 9.50. The Hall–Kier alpha value is -0.590. The van der Waals surface area contributed by atoms with Crippen molar-refractivity contribution in [2.75, 3.05) is 26.3 Å². The van der Waals surface area contributed by atoms with Crippen molar-refractivity contribution in [3.8, 4) is 6.07 Å². The first-order valence-electron chi connectivity index (χ1n) is 4.59. The van der Waals surface area contributed by atoms with Gasteiger partial charge >= 0.3 is 0 Å². The molecule has 3 heteroatoms. The summed E-state index contributed by atoms with van der Waals surface area (Å²) >= 11 is 0. The van der Waals surface area contributed by atoms with E-state index in [1.165, 1.54) is 12.8 Å². The molecule has 3 nitrogen and oxygen atoms in total. The number of rotatable bonds is 5. The van der Waals surface area contributed by atoms with Crippen LogP contribution in [0.5, 0.6) is 0 Å². The molecule has 0 saturated carbocycles. The molecule has 1 fully saturated rings. The summed E-state index contributed by atoms with van der Waals surface area (Å²) in [6.07, 6.45) is 3.01. The Morgan fingerprint density at radius 1 is 1.50 bits per heavy atom. The molecule has 0 radical (unpaired) electrons. The van der Waals surface area contributed by atoms with E-state index in [1.54, 1.807) is 0 Å². The van der Waals surface area contributed by atoms with Gasteiger partial charge in [0.15, 0.2) is 0 Å². The lowest BCUT2D eigenvalue weighted by molar-refractivity contribution is 0.184. The summed E-state index contributed by atoms with van der Waals surface area (Å²) in [7, 11) is 0. The topological polar surface area (TPSA) is 45.0 Å². The molecule has 0 aliphatic carbocycles. The quantitative estimate of drug-likeness (QED) is 0.621. The van der Waals surface area contributed by atoms with Gasteiger partial charge in [-0.05, 0) is 25.3 Å². The van der Waals surface area contributed by atoms with E-state index in [2.05, 4.69) is 11.4 Å². The average molecular weight is 168 g/mol. The second-order valence-electron chi connectivity index (χ2n) is 3.18. The zero-order chi connectivity index (χ0) is 8.65. The van der Waals surface area contributed by atoms with Crippen LogP contribution in [-0.2, 0) is 4.74 Å². The highest BCUT2D eigenvalue weighted by molar-refractivity contribution is 4.71. The van der Waals surface area contributed by atoms with Crippen LogP contribution in [0.1, 0.15) is 19.3 Å². The van der Waals surface area contributed by atoms with Crippen LogP contribution in [0.15, 0.2) is 0 Å². The van der Waals surface area contributed by atoms with Gasteiger partial charge in [-0.3, -0.25) is 0 Å². The standard InChI is InChI=1S/C9H16N2O/c10-4-1-5-11-6-2-9-3-7-12-8-9/h9,11H,1-3,5-8H2. The third-order valence-corrected chi connectivity index (χ3v) is 2.17. The van der Waals surface area contributed by atoms with Crippen LogP contribution in [0.25, 0.3) is 0 Å². The van der Waals surface area contributed by atoms with Gasteiger partial charge in [-0.1, -0.05) is 0 Å². The van der Waals surface area contributed by atoms with Gasteiger partial charge in [0, 0.05) is 26.2 Å². The largest absolute Gasteiger partial charge is 0.381 e. The van der Waals surface area contributed by atoms with Crippen LogP contribution in [0.2, 0.25) is 0 Å². The van der Waals surface area contributed by atoms with E-state index in [-0.39, 0.29) is 0 Å². The van der Waals surface area contributed by atoms with Gasteiger partial charge in [0.1, 0.15) is 0 Å². The SMILES string of the molecule is N#CCCNCCC1CCOC1. The molecule has 1 unspecified atom stereocenters. The van der Waals surface area contributed by atoms with Crippen LogP contribution in [-0.4, -0.2) is 26.3 Å². The van der Waals surface area contributed by atoms with Crippen LogP contribution in [0.3, 0.4) is 0 Å². The van der Waals surface area contributed by atoms with Crippen LogP contribution < -0.4 is 5.32 Å². The zero-order valence-corrected chi connectivity index (χ0v) is 7.38. The van der Waals surface area contributed by atoms with Gasteiger partial charge in [0.25, 0.3) is 0 Å². The molecule has 0 aromatic carbocycles. The molecule has 0 aromatic rings. The van der Waals surface area contributed by atoms with Crippen LogP contribution in [0, 0.1) is 17.2 Å². The molecule has 1 heterocycles. The molecule has 1 saturated heterocycles. The predicted molar refractivity (Wildman–Crippen MR) is 46.6 cm³/mol. The maximum atomic E-state index is 8.27. The summed E-state index contributed by atoms with van der Waals surface area (Å²) in [5.74, 6) is 0.750. The minimum absolute atomic E-state index is 0.612. The summed E-state index contributed by atoms with van der Waals surface area (Å²) in [5.41, 5.74) is 0. The van der Waals surface area contributed by atoms with Crippen LogP contribution >= 0.6 is 0 Å². The Morgan fingerprint density at radius 2 is 2.42 bits per heavy atom. The molecule has 12 heavy (non-hydrogen) atoms. The van der Waals surface area contributed by atoms with Gasteiger partial charge in [-0.15, -0.1) is 0 Å². The summed E-state index contributed by atoms with van der Waals surface area (Å²) in [6, 6.07) is 2.11. The first-order valence-corrected chi connectivity index (χ1v) is 4.59. The Kier molecular flexibility index (Phi) is 4.74. The molecule has 1 N–H and O–H groups in total. The molecule has 0 bridgehead atoms. The second kappa shape index (κ2) is 5.99. The van der Waals surface area contributed by atoms with E-state index in [1.807, 2.05) is 0 Å². The minimum atomic E-state index is 0.612. The monoisotopic (exact) mass is 168 g/mol. The molecule has 0 aromatic heterocycles. The fraction of sp³-hybridized carbons (Fsp3) is 0.889. The highest BCUT2D eigenvalue weighted by atomic mass is 16.5. The van der Waals surface area contributed by atoms with Crippen molar-refractivity contribution in [2.45, 2.75) is 19.3 Å². The van der Waals surface area contributed by atoms with Crippen LogP contribution in [0.4, 0.5) is 0 Å². The lowest BCUT2D eigenvalue weighted by Crippen LogP contribution is -2.19. The maximum absolute atomic E-state index is 8.27. The third kappa shape index (κ3) is 3.70. The van der Waals surface area contributed by atoms with Crippen molar-refractivity contribution in [2.24, 2.45) is 5.92 Å². The van der Waals surface area contributed by atoms with E-state index >= 15 is 0 Å². The molecule has 0 amide bonds. The molecule has 1 aliphatic rings. The summed E-state index contributed by atoms with van der Waals surface area (Å²) in [4.78, 5) is 0. The van der Waals surface area contributed by atoms with Crippen molar-refractivity contribution in [3.05, 3.63) is 0 Å². The number of nitrogens with zero attached hydrogens (tertiary/aromatic N) is 1. The molecule has 68 valence electrons. The molecular formula is C9H16N2O. The molecule has 1 aliphatic heterocycles. The van der Waals surface area contributed by atoms with E-state index < -0.39 is 0 Å². The normalized spacial score (nSPS) is 22.4. The van der Waals surface area contributed by atoms with Crippen molar-refractivity contribution in [1.82, 2.24) is 5.32 Å². The van der Waals surface area contributed by atoms with Crippen molar-refractivity contribution in [1.29, 1.82) is 5.26 Å². The Labute approximate surface area is 73.7 Å². The highest BCUT2D eigenvalue weighted by Crippen LogP contribution is 2.14. The van der Waals surface area contributed by atoms with Crippen molar-refractivity contribution < 1.29 is 4.74 Å². The molecule has 1 rings (SSSR count). The predicted octanol–water partition coefficient (Wildman–Crippen LogP) is 0.916. The maximum Gasteiger partial charge on any atom is 0.0635 e. The van der Waals surface area contributed by atoms with E-state index in [0.29, 0.717) is 6.42 Å². The van der Waals surface area contributed by atoms with Crippen molar-refractivity contribution in [3.63, 3.8) is 0 Å². The fourth-order valence-electron chi connectivity index (χ4n) is 1.39. The van der Waals surface area contributed by atoms with Gasteiger partial charge < -0.3 is 10.1 Å². The molecule has 0 spiro atoms. The van der Waals surface area contributed by atoms with E-state index in [0.717, 1.165) is 32.2 Å². The summed E-state index contributed by atoms with van der Waals surface area (Å²) in [6.45, 7) is 3.71. The third-order valence-electron chi connectivity index (χ3n) is 2.17. The summed E-state index contributed by atoms with van der Waals surface area (Å²) < 4.78 is 5.26. The zero-order valence-electron chi connectivity index (χ0n) is 7.38. The average Bonchev–Trinajstić information content (AvgIpc) is 2.57. The number of nitriles is 1. The Bertz CT molecular complexity index is 147. The Morgan fingerprint density at radius 3 is 3.08 bits per heavy atom. The first-order chi connectivity index (χ1) is 5.93. The lowest BCUT2D eigenvalue weighted by atomic mass is 10.1. The number of hydrogen-bond donors (Lipinski definition) is 1. The summed E-state index contributed by atoms with van der Waals surface area (Å²) in [5, 5.41) is 11.5. The van der Waals surface area contributed by atoms with Gasteiger partial charge in [0.2, 0.25) is 0 Å². The van der Waals surface area contributed by atoms with Gasteiger partial charge in [-0.25, -0.2) is 0 Å². The molecule has 1 atom stereocenters. The highest BCUT2D eigenvalue weighted by Gasteiger charge is 2.14. The Balaban J connectivity index is 1.85. The smallest absolute Gasteiger partial charge is 0.0635 e. The number of hydrogen-bond acceptors (Lipinski definition) is 3. The number of nitrogens with one attached hydrogen (secondary N) is 1. The van der Waals surface area contributed by atoms with Gasteiger partial charge in [-0.2, -0.15) is 5.26 Å². The fourth-order valence-corrected chi connectivity index (χ4v) is 1.39. The number of ether oxygens (including phenoxy) is 1. The van der Waals surface area contributed by atoms with Crippen molar-refractivity contribution >= 4 is 0 Å². The minimum Gasteiger partial charge on any atom is -0.381 e. The van der Waals surface area contributed by atoms with E-state index in [4.69, 9.17) is 10.00 Å². The molecular weight excluding hydrogens is 152 g/mol. The van der Waals surface area contributed by atoms with Gasteiger partial charge in [0.05, 0.1) is 6.07 Å². The lowest BCUT2D eigenvalue weighted by Gasteiger charge is -2.06. The second-order valence-corrected chi connectivity index (χ2v) is 3.18. The van der Waals surface area contributed by atoms with E-state index in [9.17, 15) is 0 Å².